The van der Waals surface area contributed by atoms with Gasteiger partial charge in [-0.1, -0.05) is 24.4 Å². The van der Waals surface area contributed by atoms with Crippen LogP contribution in [0.4, 0.5) is 0 Å². The smallest absolute Gasteiger partial charge is 0.261 e. The molecule has 1 N–H and O–H groups in total. The molecule has 0 saturated heterocycles. The molecule has 0 bridgehead atoms. The minimum absolute atomic E-state index is 0.0353. The number of thioether (sulfide) groups is 1. The lowest BCUT2D eigenvalue weighted by molar-refractivity contribution is 0.423. The molecule has 0 spiro atoms. The van der Waals surface area contributed by atoms with Crippen LogP contribution in [0.5, 0.6) is 0 Å². The Morgan fingerprint density at radius 2 is 2.16 bits per heavy atom. The maximum atomic E-state index is 12.3. The van der Waals surface area contributed by atoms with Gasteiger partial charge < -0.3 is 4.57 Å². The first kappa shape index (κ1) is 15.2. The van der Waals surface area contributed by atoms with E-state index in [0.717, 1.165) is 25.7 Å². The third-order valence-corrected chi connectivity index (χ3v) is 6.55. The van der Waals surface area contributed by atoms with Gasteiger partial charge in [0.2, 0.25) is 5.03 Å². The zero-order valence-corrected chi connectivity index (χ0v) is 13.4. The van der Waals surface area contributed by atoms with Crippen molar-refractivity contribution in [3.63, 3.8) is 0 Å². The number of imidazole rings is 1. The fraction of sp³-hybridized carbons (Fsp3) is 0.727. The van der Waals surface area contributed by atoms with Gasteiger partial charge in [-0.2, -0.15) is 11.8 Å². The first-order valence-corrected chi connectivity index (χ1v) is 9.32. The topological polar surface area (TPSA) is 64.0 Å². The third kappa shape index (κ3) is 3.26. The fourth-order valence-corrected chi connectivity index (χ4v) is 5.11. The van der Waals surface area contributed by atoms with E-state index in [4.69, 9.17) is 11.6 Å². The highest BCUT2D eigenvalue weighted by molar-refractivity contribution is 7.99. The van der Waals surface area contributed by atoms with Gasteiger partial charge in [-0.3, -0.25) is 0 Å². The highest BCUT2D eigenvalue weighted by Crippen LogP contribution is 2.29. The standard InChI is InChI=1S/C11H18ClN3O2S2/c1-15-7-13-11(10(15)12)19(16,17)14-8-5-3-4-6-9(8)18-2/h7-9,14H,3-6H2,1-2H3. The molecule has 19 heavy (non-hydrogen) atoms. The summed E-state index contributed by atoms with van der Waals surface area (Å²) in [5, 5.41) is 0.386. The monoisotopic (exact) mass is 323 g/mol. The van der Waals surface area contributed by atoms with Crippen molar-refractivity contribution < 1.29 is 8.42 Å². The molecule has 1 aliphatic carbocycles. The molecule has 2 atom stereocenters. The predicted octanol–water partition coefficient (Wildman–Crippen LogP) is 2.03. The molecule has 0 radical (unpaired) electrons. The van der Waals surface area contributed by atoms with Crippen LogP contribution < -0.4 is 4.72 Å². The van der Waals surface area contributed by atoms with Crippen LogP contribution in [0.15, 0.2) is 11.4 Å². The van der Waals surface area contributed by atoms with Gasteiger partial charge in [-0.05, 0) is 19.1 Å². The quantitative estimate of drug-likeness (QED) is 0.920. The molecular formula is C11H18ClN3O2S2. The van der Waals surface area contributed by atoms with Crippen molar-refractivity contribution in [2.75, 3.05) is 6.26 Å². The lowest BCUT2D eigenvalue weighted by Gasteiger charge is -2.30. The van der Waals surface area contributed by atoms with E-state index < -0.39 is 10.0 Å². The number of nitrogens with zero attached hydrogens (tertiary/aromatic N) is 2. The number of nitrogens with one attached hydrogen (secondary N) is 1. The number of aryl methyl sites for hydroxylation is 1. The van der Waals surface area contributed by atoms with Crippen molar-refractivity contribution in [3.8, 4) is 0 Å². The molecule has 1 aromatic heterocycles. The van der Waals surface area contributed by atoms with Crippen molar-refractivity contribution in [3.05, 3.63) is 11.5 Å². The average Bonchev–Trinajstić information content (AvgIpc) is 2.71. The maximum absolute atomic E-state index is 12.3. The van der Waals surface area contributed by atoms with Crippen LogP contribution in [0.1, 0.15) is 25.7 Å². The molecule has 2 unspecified atom stereocenters. The van der Waals surface area contributed by atoms with Gasteiger partial charge in [0.05, 0.1) is 6.33 Å². The zero-order chi connectivity index (χ0) is 14.0. The maximum Gasteiger partial charge on any atom is 0.261 e. The van der Waals surface area contributed by atoms with Crippen molar-refractivity contribution >= 4 is 33.4 Å². The third-order valence-electron chi connectivity index (χ3n) is 3.40. The van der Waals surface area contributed by atoms with Crippen LogP contribution in [0, 0.1) is 0 Å². The molecular weight excluding hydrogens is 306 g/mol. The van der Waals surface area contributed by atoms with E-state index in [0.29, 0.717) is 5.25 Å². The molecule has 0 aliphatic heterocycles. The minimum Gasteiger partial charge on any atom is -0.324 e. The second-order valence-corrected chi connectivity index (χ2v) is 7.80. The van der Waals surface area contributed by atoms with E-state index in [2.05, 4.69) is 9.71 Å². The number of aromatic nitrogens is 2. The number of halogens is 1. The van der Waals surface area contributed by atoms with Crippen LogP contribution in [-0.2, 0) is 17.1 Å². The Balaban J connectivity index is 2.19. The van der Waals surface area contributed by atoms with E-state index in [1.54, 1.807) is 18.8 Å². The Morgan fingerprint density at radius 1 is 1.47 bits per heavy atom. The summed E-state index contributed by atoms with van der Waals surface area (Å²) in [4.78, 5) is 3.88. The summed E-state index contributed by atoms with van der Waals surface area (Å²) in [6.45, 7) is 0. The Kier molecular flexibility index (Phi) is 4.81. The molecule has 108 valence electrons. The fourth-order valence-electron chi connectivity index (χ4n) is 2.34. The van der Waals surface area contributed by atoms with Gasteiger partial charge in [0.15, 0.2) is 0 Å². The summed E-state index contributed by atoms with van der Waals surface area (Å²) in [5.74, 6) is 0. The van der Waals surface area contributed by atoms with Crippen molar-refractivity contribution in [1.82, 2.24) is 14.3 Å². The molecule has 1 saturated carbocycles. The lowest BCUT2D eigenvalue weighted by Crippen LogP contribution is -2.43. The molecule has 0 amide bonds. The summed E-state index contributed by atoms with van der Waals surface area (Å²) in [5.41, 5.74) is 0. The van der Waals surface area contributed by atoms with Gasteiger partial charge in [0, 0.05) is 18.3 Å². The summed E-state index contributed by atoms with van der Waals surface area (Å²) < 4.78 is 28.9. The van der Waals surface area contributed by atoms with E-state index >= 15 is 0 Å². The van der Waals surface area contributed by atoms with Crippen molar-refractivity contribution in [2.45, 2.75) is 42.0 Å². The van der Waals surface area contributed by atoms with Crippen LogP contribution in [0.25, 0.3) is 0 Å². The summed E-state index contributed by atoms with van der Waals surface area (Å²) >= 11 is 7.67. The Labute approximate surface area is 123 Å². The number of rotatable bonds is 4. The molecule has 1 aromatic rings. The van der Waals surface area contributed by atoms with E-state index in [1.807, 2.05) is 6.26 Å². The average molecular weight is 324 g/mol. The second-order valence-electron chi connectivity index (χ2n) is 4.74. The van der Waals surface area contributed by atoms with Crippen LogP contribution in [0.2, 0.25) is 5.15 Å². The van der Waals surface area contributed by atoms with Crippen LogP contribution >= 0.6 is 23.4 Å². The van der Waals surface area contributed by atoms with Crippen LogP contribution in [-0.4, -0.2) is 35.5 Å². The Morgan fingerprint density at radius 3 is 2.74 bits per heavy atom. The summed E-state index contributed by atoms with van der Waals surface area (Å²) in [6.07, 6.45) is 7.56. The molecule has 1 fully saturated rings. The van der Waals surface area contributed by atoms with E-state index in [1.165, 1.54) is 10.9 Å². The molecule has 8 heteroatoms. The van der Waals surface area contributed by atoms with Crippen molar-refractivity contribution in [1.29, 1.82) is 0 Å². The summed E-state index contributed by atoms with van der Waals surface area (Å²) in [6, 6.07) is -0.0353. The normalized spacial score (nSPS) is 24.6. The minimum atomic E-state index is -3.64. The summed E-state index contributed by atoms with van der Waals surface area (Å²) in [7, 11) is -1.97. The lowest BCUT2D eigenvalue weighted by atomic mass is 9.96. The van der Waals surface area contributed by atoms with Gasteiger partial charge in [0.25, 0.3) is 10.0 Å². The first-order chi connectivity index (χ1) is 8.95. The molecule has 2 rings (SSSR count). The Bertz CT molecular complexity index is 544. The van der Waals surface area contributed by atoms with Gasteiger partial charge in [-0.15, -0.1) is 0 Å². The SMILES string of the molecule is CSC1CCCCC1NS(=O)(=O)c1ncn(C)c1Cl. The molecule has 1 aliphatic rings. The highest BCUT2D eigenvalue weighted by atomic mass is 35.5. The zero-order valence-electron chi connectivity index (χ0n) is 11.0. The van der Waals surface area contributed by atoms with Gasteiger partial charge >= 0.3 is 0 Å². The molecule has 0 aromatic carbocycles. The van der Waals surface area contributed by atoms with E-state index in [-0.39, 0.29) is 16.2 Å². The highest BCUT2D eigenvalue weighted by Gasteiger charge is 2.31. The van der Waals surface area contributed by atoms with Gasteiger partial charge in [0.1, 0.15) is 5.15 Å². The number of hydrogen-bond donors (Lipinski definition) is 1. The van der Waals surface area contributed by atoms with Gasteiger partial charge in [-0.25, -0.2) is 18.1 Å². The van der Waals surface area contributed by atoms with Crippen molar-refractivity contribution in [2.24, 2.45) is 7.05 Å². The second kappa shape index (κ2) is 6.03. The largest absolute Gasteiger partial charge is 0.324 e. The Hall–Kier alpha value is -0.240. The molecule has 5 nitrogen and oxygen atoms in total. The predicted molar refractivity (Wildman–Crippen MR) is 78.1 cm³/mol. The first-order valence-electron chi connectivity index (χ1n) is 6.17. The number of sulfonamides is 1. The van der Waals surface area contributed by atoms with Crippen LogP contribution in [0.3, 0.4) is 0 Å². The molecule has 1 heterocycles. The number of hydrogen-bond acceptors (Lipinski definition) is 4. The van der Waals surface area contributed by atoms with E-state index in [9.17, 15) is 8.42 Å².